The SMILES string of the molecule is C/C=C\C=C(/CC)CCC(C)C.CC. The maximum atomic E-state index is 2.28. The van der Waals surface area contributed by atoms with Crippen molar-refractivity contribution in [3.8, 4) is 0 Å². The van der Waals surface area contributed by atoms with E-state index >= 15 is 0 Å². The Kier molecular flexibility index (Phi) is 14.2. The molecule has 0 saturated heterocycles. The Balaban J connectivity index is 0. The molecule has 0 N–H and O–H groups in total. The molecule has 0 bridgehead atoms. The monoisotopic (exact) mass is 196 g/mol. The first-order valence-corrected chi connectivity index (χ1v) is 6.01. The molecule has 0 heteroatoms. The zero-order valence-electron chi connectivity index (χ0n) is 10.9. The van der Waals surface area contributed by atoms with Crippen LogP contribution in [0, 0.1) is 5.92 Å². The highest BCUT2D eigenvalue weighted by Gasteiger charge is 1.96. The van der Waals surface area contributed by atoms with Gasteiger partial charge >= 0.3 is 0 Å². The summed E-state index contributed by atoms with van der Waals surface area (Å²) >= 11 is 0. The predicted octanol–water partition coefficient (Wildman–Crippen LogP) is 5.36. The van der Waals surface area contributed by atoms with Crippen LogP contribution in [0.4, 0.5) is 0 Å². The van der Waals surface area contributed by atoms with E-state index in [9.17, 15) is 0 Å². The summed E-state index contributed by atoms with van der Waals surface area (Å²) < 4.78 is 0. The highest BCUT2D eigenvalue weighted by atomic mass is 14.0. The topological polar surface area (TPSA) is 0 Å². The van der Waals surface area contributed by atoms with Crippen molar-refractivity contribution < 1.29 is 0 Å². The minimum absolute atomic E-state index is 0.825. The van der Waals surface area contributed by atoms with E-state index in [2.05, 4.69) is 45.9 Å². The maximum absolute atomic E-state index is 2.28. The molecule has 0 aliphatic heterocycles. The molecule has 0 atom stereocenters. The first-order valence-electron chi connectivity index (χ1n) is 6.01. The van der Waals surface area contributed by atoms with E-state index in [0.29, 0.717) is 0 Å². The fourth-order valence-corrected chi connectivity index (χ4v) is 1.08. The fraction of sp³-hybridized carbons (Fsp3) is 0.714. The lowest BCUT2D eigenvalue weighted by molar-refractivity contribution is 0.579. The fourth-order valence-electron chi connectivity index (χ4n) is 1.08. The van der Waals surface area contributed by atoms with Gasteiger partial charge in [0, 0.05) is 0 Å². The Morgan fingerprint density at radius 3 is 2.14 bits per heavy atom. The van der Waals surface area contributed by atoms with Gasteiger partial charge in [0.15, 0.2) is 0 Å². The average molecular weight is 196 g/mol. The second-order valence-electron chi connectivity index (χ2n) is 3.64. The van der Waals surface area contributed by atoms with Crippen LogP contribution >= 0.6 is 0 Å². The number of rotatable bonds is 5. The quantitative estimate of drug-likeness (QED) is 0.519. The molecule has 14 heavy (non-hydrogen) atoms. The molecule has 0 spiro atoms. The van der Waals surface area contributed by atoms with Gasteiger partial charge in [-0.15, -0.1) is 0 Å². The lowest BCUT2D eigenvalue weighted by atomic mass is 10.0. The third kappa shape index (κ3) is 11.5. The van der Waals surface area contributed by atoms with Gasteiger partial charge in [-0.3, -0.25) is 0 Å². The summed E-state index contributed by atoms with van der Waals surface area (Å²) in [6.45, 7) is 12.9. The van der Waals surface area contributed by atoms with E-state index in [1.54, 1.807) is 5.57 Å². The summed E-state index contributed by atoms with van der Waals surface area (Å²) in [7, 11) is 0. The lowest BCUT2D eigenvalue weighted by Gasteiger charge is -2.05. The van der Waals surface area contributed by atoms with E-state index in [1.165, 1.54) is 19.3 Å². The summed E-state index contributed by atoms with van der Waals surface area (Å²) in [5.74, 6) is 0.825. The van der Waals surface area contributed by atoms with Gasteiger partial charge < -0.3 is 0 Å². The zero-order valence-corrected chi connectivity index (χ0v) is 10.9. The normalized spacial score (nSPS) is 11.8. The average Bonchev–Trinajstić information content (AvgIpc) is 2.21. The van der Waals surface area contributed by atoms with E-state index < -0.39 is 0 Å². The highest BCUT2D eigenvalue weighted by Crippen LogP contribution is 2.14. The summed E-state index contributed by atoms with van der Waals surface area (Å²) in [4.78, 5) is 0. The van der Waals surface area contributed by atoms with Crippen LogP contribution in [0.25, 0.3) is 0 Å². The van der Waals surface area contributed by atoms with E-state index in [4.69, 9.17) is 0 Å². The number of hydrogen-bond donors (Lipinski definition) is 0. The van der Waals surface area contributed by atoms with Crippen molar-refractivity contribution in [2.75, 3.05) is 0 Å². The van der Waals surface area contributed by atoms with Crippen LogP contribution in [0.3, 0.4) is 0 Å². The van der Waals surface area contributed by atoms with Gasteiger partial charge in [0.2, 0.25) is 0 Å². The molecule has 0 rings (SSSR count). The molecule has 0 aliphatic carbocycles. The van der Waals surface area contributed by atoms with Crippen LogP contribution in [0.2, 0.25) is 0 Å². The Labute approximate surface area is 91.1 Å². The van der Waals surface area contributed by atoms with Crippen LogP contribution in [-0.4, -0.2) is 0 Å². The van der Waals surface area contributed by atoms with Crippen molar-refractivity contribution in [1.29, 1.82) is 0 Å². The van der Waals surface area contributed by atoms with Gasteiger partial charge in [0.05, 0.1) is 0 Å². The van der Waals surface area contributed by atoms with Crippen molar-refractivity contribution in [3.63, 3.8) is 0 Å². The van der Waals surface area contributed by atoms with Crippen molar-refractivity contribution in [1.82, 2.24) is 0 Å². The third-order valence-electron chi connectivity index (χ3n) is 2.02. The molecule has 0 amide bonds. The smallest absolute Gasteiger partial charge is 0.0315 e. The Bertz CT molecular complexity index is 149. The van der Waals surface area contributed by atoms with E-state index in [1.807, 2.05) is 13.8 Å². The Morgan fingerprint density at radius 1 is 1.21 bits per heavy atom. The van der Waals surface area contributed by atoms with Crippen LogP contribution in [0.15, 0.2) is 23.8 Å². The van der Waals surface area contributed by atoms with Crippen molar-refractivity contribution in [2.45, 2.75) is 60.8 Å². The largest absolute Gasteiger partial charge is 0.0877 e. The summed E-state index contributed by atoms with van der Waals surface area (Å²) in [6, 6.07) is 0. The molecule has 0 aromatic heterocycles. The minimum Gasteiger partial charge on any atom is -0.0877 e. The summed E-state index contributed by atoms with van der Waals surface area (Å²) in [5.41, 5.74) is 1.57. The zero-order chi connectivity index (χ0) is 11.4. The Morgan fingerprint density at radius 2 is 1.79 bits per heavy atom. The molecular weight excluding hydrogens is 168 g/mol. The van der Waals surface area contributed by atoms with Gasteiger partial charge in [-0.25, -0.2) is 0 Å². The maximum Gasteiger partial charge on any atom is -0.0315 e. The highest BCUT2D eigenvalue weighted by molar-refractivity contribution is 5.11. The van der Waals surface area contributed by atoms with Gasteiger partial charge in [0.25, 0.3) is 0 Å². The first kappa shape index (κ1) is 15.9. The standard InChI is InChI=1S/C12H22.C2H6/c1-5-7-8-12(6-2)10-9-11(3)4;1-2/h5,7-8,11H,6,9-10H2,1-4H3;1-2H3/b7-5-,12-8+;. The first-order chi connectivity index (χ1) is 6.70. The Hall–Kier alpha value is -0.520. The lowest BCUT2D eigenvalue weighted by Crippen LogP contribution is -1.89. The molecular formula is C14H28. The van der Waals surface area contributed by atoms with Gasteiger partial charge in [-0.05, 0) is 32.1 Å². The van der Waals surface area contributed by atoms with Crippen molar-refractivity contribution in [2.24, 2.45) is 5.92 Å². The third-order valence-corrected chi connectivity index (χ3v) is 2.02. The van der Waals surface area contributed by atoms with Crippen LogP contribution < -0.4 is 0 Å². The van der Waals surface area contributed by atoms with Crippen LogP contribution in [0.1, 0.15) is 60.8 Å². The van der Waals surface area contributed by atoms with E-state index in [-0.39, 0.29) is 0 Å². The second kappa shape index (κ2) is 12.5. The molecule has 0 unspecified atom stereocenters. The molecule has 0 saturated carbocycles. The van der Waals surface area contributed by atoms with Gasteiger partial charge in [-0.1, -0.05) is 58.4 Å². The minimum atomic E-state index is 0.825. The van der Waals surface area contributed by atoms with Crippen molar-refractivity contribution in [3.05, 3.63) is 23.8 Å². The summed E-state index contributed by atoms with van der Waals surface area (Å²) in [6.07, 6.45) is 10.2. The molecule has 84 valence electrons. The molecule has 0 heterocycles. The number of allylic oxidation sites excluding steroid dienone is 4. The van der Waals surface area contributed by atoms with Crippen LogP contribution in [-0.2, 0) is 0 Å². The number of hydrogen-bond acceptors (Lipinski definition) is 0. The molecule has 0 aromatic carbocycles. The van der Waals surface area contributed by atoms with E-state index in [0.717, 1.165) is 5.92 Å². The van der Waals surface area contributed by atoms with Gasteiger partial charge in [-0.2, -0.15) is 0 Å². The second-order valence-corrected chi connectivity index (χ2v) is 3.64. The summed E-state index contributed by atoms with van der Waals surface area (Å²) in [5, 5.41) is 0. The molecule has 0 fully saturated rings. The molecule has 0 aromatic rings. The molecule has 0 nitrogen and oxygen atoms in total. The molecule has 0 aliphatic rings. The van der Waals surface area contributed by atoms with Gasteiger partial charge in [0.1, 0.15) is 0 Å². The van der Waals surface area contributed by atoms with Crippen molar-refractivity contribution >= 4 is 0 Å². The van der Waals surface area contributed by atoms with Crippen LogP contribution in [0.5, 0.6) is 0 Å². The predicted molar refractivity (Wildman–Crippen MR) is 68.6 cm³/mol. The molecule has 0 radical (unpaired) electrons.